The van der Waals surface area contributed by atoms with Crippen LogP contribution in [0.3, 0.4) is 0 Å². The largest absolute Gasteiger partial charge is 0.252 e. The number of rotatable bonds is 1. The molecule has 0 unspecified atom stereocenters. The van der Waals surface area contributed by atoms with Gasteiger partial charge >= 0.3 is 0 Å². The van der Waals surface area contributed by atoms with E-state index in [4.69, 9.17) is 5.26 Å². The van der Waals surface area contributed by atoms with E-state index in [1.807, 2.05) is 19.9 Å². The van der Waals surface area contributed by atoms with Crippen LogP contribution in [0.5, 0.6) is 0 Å². The van der Waals surface area contributed by atoms with Gasteiger partial charge in [-0.2, -0.15) is 5.26 Å². The first-order chi connectivity index (χ1) is 4.74. The third kappa shape index (κ3) is 1.13. The Balaban J connectivity index is 2.91. The number of hydrogen-bond acceptors (Lipinski definition) is 3. The molecule has 0 fully saturated rings. The van der Waals surface area contributed by atoms with E-state index >= 15 is 0 Å². The lowest BCUT2D eigenvalue weighted by atomic mass is 10.4. The van der Waals surface area contributed by atoms with Gasteiger partial charge in [-0.15, -0.1) is 5.10 Å². The Labute approximate surface area is 59.1 Å². The van der Waals surface area contributed by atoms with Crippen LogP contribution in [-0.4, -0.2) is 14.8 Å². The zero-order valence-electron chi connectivity index (χ0n) is 5.94. The summed E-state index contributed by atoms with van der Waals surface area (Å²) in [4.78, 5) is 3.75. The number of nitrogens with zero attached hydrogens (tertiary/aromatic N) is 4. The van der Waals surface area contributed by atoms with Crippen LogP contribution in [0.25, 0.3) is 0 Å². The van der Waals surface area contributed by atoms with Crippen molar-refractivity contribution < 1.29 is 0 Å². The molecule has 0 aliphatic rings. The molecule has 0 saturated heterocycles. The second-order valence-corrected chi connectivity index (χ2v) is 2.25. The van der Waals surface area contributed by atoms with Gasteiger partial charge < -0.3 is 0 Å². The minimum Gasteiger partial charge on any atom is -0.249 e. The molecule has 0 aromatic carbocycles. The standard InChI is InChI=1S/C6H8N4/c1-5(2)10-4-8-6(3-7)9-10/h4-5H,1-2H3. The summed E-state index contributed by atoms with van der Waals surface area (Å²) in [6.45, 7) is 3.96. The summed E-state index contributed by atoms with van der Waals surface area (Å²) in [7, 11) is 0. The van der Waals surface area contributed by atoms with Crippen LogP contribution in [0.15, 0.2) is 6.33 Å². The van der Waals surface area contributed by atoms with Gasteiger partial charge in [-0.25, -0.2) is 9.67 Å². The predicted molar refractivity (Wildman–Crippen MR) is 35.1 cm³/mol. The molecule has 10 heavy (non-hydrogen) atoms. The summed E-state index contributed by atoms with van der Waals surface area (Å²) in [5.74, 6) is 0.230. The Morgan fingerprint density at radius 3 is 2.70 bits per heavy atom. The van der Waals surface area contributed by atoms with E-state index < -0.39 is 0 Å². The van der Waals surface area contributed by atoms with E-state index in [2.05, 4.69) is 10.1 Å². The van der Waals surface area contributed by atoms with Crippen molar-refractivity contribution in [2.24, 2.45) is 0 Å². The molecule has 0 aliphatic carbocycles. The fourth-order valence-electron chi connectivity index (χ4n) is 0.575. The van der Waals surface area contributed by atoms with Gasteiger partial charge in [0.05, 0.1) is 0 Å². The fraction of sp³-hybridized carbons (Fsp3) is 0.500. The van der Waals surface area contributed by atoms with Crippen LogP contribution in [-0.2, 0) is 0 Å². The van der Waals surface area contributed by atoms with Crippen molar-refractivity contribution in [1.82, 2.24) is 14.8 Å². The molecule has 1 aromatic rings. The molecule has 0 saturated carbocycles. The maximum atomic E-state index is 8.34. The van der Waals surface area contributed by atoms with Crippen LogP contribution in [0.2, 0.25) is 0 Å². The van der Waals surface area contributed by atoms with Gasteiger partial charge in [-0.3, -0.25) is 0 Å². The Kier molecular flexibility index (Phi) is 1.67. The summed E-state index contributed by atoms with van der Waals surface area (Å²) in [6, 6.07) is 2.13. The number of hydrogen-bond donors (Lipinski definition) is 0. The molecule has 0 atom stereocenters. The minimum atomic E-state index is 0.230. The lowest BCUT2D eigenvalue weighted by molar-refractivity contribution is 0.530. The summed E-state index contributed by atoms with van der Waals surface area (Å²) in [5.41, 5.74) is 0. The van der Waals surface area contributed by atoms with Crippen LogP contribution in [0.1, 0.15) is 25.7 Å². The summed E-state index contributed by atoms with van der Waals surface area (Å²) < 4.78 is 1.65. The van der Waals surface area contributed by atoms with Crippen molar-refractivity contribution in [3.05, 3.63) is 12.2 Å². The monoisotopic (exact) mass is 136 g/mol. The van der Waals surface area contributed by atoms with Gasteiger partial charge in [-0.1, -0.05) is 0 Å². The normalized spacial score (nSPS) is 9.80. The van der Waals surface area contributed by atoms with Crippen LogP contribution in [0, 0.1) is 11.3 Å². The maximum Gasteiger partial charge on any atom is 0.252 e. The van der Waals surface area contributed by atoms with Crippen molar-refractivity contribution in [3.8, 4) is 6.07 Å². The molecule has 0 aliphatic heterocycles. The summed E-state index contributed by atoms with van der Waals surface area (Å²) >= 11 is 0. The Bertz CT molecular complexity index is 255. The molecule has 4 nitrogen and oxygen atoms in total. The lowest BCUT2D eigenvalue weighted by Gasteiger charge is -2.00. The molecule has 52 valence electrons. The van der Waals surface area contributed by atoms with E-state index in [-0.39, 0.29) is 11.9 Å². The van der Waals surface area contributed by atoms with Gasteiger partial charge in [0, 0.05) is 6.04 Å². The highest BCUT2D eigenvalue weighted by Crippen LogP contribution is 1.99. The highest BCUT2D eigenvalue weighted by molar-refractivity contribution is 5.05. The van der Waals surface area contributed by atoms with Crippen molar-refractivity contribution in [3.63, 3.8) is 0 Å². The Morgan fingerprint density at radius 1 is 1.70 bits per heavy atom. The molecule has 1 rings (SSSR count). The fourth-order valence-corrected chi connectivity index (χ4v) is 0.575. The van der Waals surface area contributed by atoms with Crippen molar-refractivity contribution in [1.29, 1.82) is 5.26 Å². The van der Waals surface area contributed by atoms with E-state index in [9.17, 15) is 0 Å². The van der Waals surface area contributed by atoms with E-state index in [0.717, 1.165) is 0 Å². The molecular formula is C6H8N4. The smallest absolute Gasteiger partial charge is 0.249 e. The molecule has 0 radical (unpaired) electrons. The van der Waals surface area contributed by atoms with Crippen LogP contribution >= 0.6 is 0 Å². The zero-order valence-corrected chi connectivity index (χ0v) is 5.94. The van der Waals surface area contributed by atoms with Crippen LogP contribution in [0.4, 0.5) is 0 Å². The third-order valence-electron chi connectivity index (χ3n) is 1.14. The van der Waals surface area contributed by atoms with E-state index in [0.29, 0.717) is 0 Å². The number of nitriles is 1. The third-order valence-corrected chi connectivity index (χ3v) is 1.14. The summed E-state index contributed by atoms with van der Waals surface area (Å²) in [5, 5.41) is 12.2. The molecule has 1 heterocycles. The molecule has 0 amide bonds. The van der Waals surface area contributed by atoms with Gasteiger partial charge in [0.15, 0.2) is 0 Å². The second kappa shape index (κ2) is 2.48. The van der Waals surface area contributed by atoms with Gasteiger partial charge in [0.1, 0.15) is 12.4 Å². The second-order valence-electron chi connectivity index (χ2n) is 2.25. The first-order valence-electron chi connectivity index (χ1n) is 3.05. The summed E-state index contributed by atoms with van der Waals surface area (Å²) in [6.07, 6.45) is 1.56. The quantitative estimate of drug-likeness (QED) is 0.571. The zero-order chi connectivity index (χ0) is 7.56. The highest BCUT2D eigenvalue weighted by Gasteiger charge is 2.00. The minimum absolute atomic E-state index is 0.230. The van der Waals surface area contributed by atoms with Gasteiger partial charge in [-0.05, 0) is 13.8 Å². The van der Waals surface area contributed by atoms with Crippen LogP contribution < -0.4 is 0 Å². The molecule has 0 N–H and O–H groups in total. The van der Waals surface area contributed by atoms with Gasteiger partial charge in [0.2, 0.25) is 0 Å². The molecule has 4 heteroatoms. The Morgan fingerprint density at radius 2 is 2.40 bits per heavy atom. The topological polar surface area (TPSA) is 54.5 Å². The molecular weight excluding hydrogens is 128 g/mol. The average Bonchev–Trinajstić information content (AvgIpc) is 2.34. The Hall–Kier alpha value is -1.37. The van der Waals surface area contributed by atoms with Gasteiger partial charge in [0.25, 0.3) is 5.82 Å². The maximum absolute atomic E-state index is 8.34. The number of aromatic nitrogens is 3. The predicted octanol–water partition coefficient (Wildman–Crippen LogP) is 0.731. The van der Waals surface area contributed by atoms with Crippen molar-refractivity contribution >= 4 is 0 Å². The average molecular weight is 136 g/mol. The first-order valence-corrected chi connectivity index (χ1v) is 3.05. The molecule has 0 bridgehead atoms. The lowest BCUT2D eigenvalue weighted by Crippen LogP contribution is -2.00. The molecule has 0 spiro atoms. The van der Waals surface area contributed by atoms with Crippen molar-refractivity contribution in [2.45, 2.75) is 19.9 Å². The highest BCUT2D eigenvalue weighted by atomic mass is 15.3. The van der Waals surface area contributed by atoms with Crippen molar-refractivity contribution in [2.75, 3.05) is 0 Å². The first kappa shape index (κ1) is 6.75. The SMILES string of the molecule is CC(C)n1cnc(C#N)n1. The van der Waals surface area contributed by atoms with E-state index in [1.54, 1.807) is 11.0 Å². The van der Waals surface area contributed by atoms with E-state index in [1.165, 1.54) is 0 Å². The molecule has 1 aromatic heterocycles.